The Hall–Kier alpha value is -2.53. The van der Waals surface area contributed by atoms with Crippen molar-refractivity contribution in [2.45, 2.75) is 19.4 Å². The maximum absolute atomic E-state index is 12.2. The van der Waals surface area contributed by atoms with Crippen molar-refractivity contribution in [3.8, 4) is 0 Å². The zero-order valence-corrected chi connectivity index (χ0v) is 13.3. The number of fused-ring (bicyclic) bond motifs is 1. The summed E-state index contributed by atoms with van der Waals surface area (Å²) in [4.78, 5) is 24.3. The summed E-state index contributed by atoms with van der Waals surface area (Å²) in [6, 6.07) is 12.1. The van der Waals surface area contributed by atoms with Crippen LogP contribution in [0.25, 0.3) is 0 Å². The van der Waals surface area contributed by atoms with Crippen LogP contribution >= 0.6 is 11.6 Å². The van der Waals surface area contributed by atoms with Crippen molar-refractivity contribution in [2.75, 3.05) is 16.0 Å². The van der Waals surface area contributed by atoms with E-state index in [4.69, 9.17) is 11.6 Å². The molecular weight excluding hydrogens is 314 g/mol. The molecule has 1 aliphatic heterocycles. The summed E-state index contributed by atoms with van der Waals surface area (Å²) in [6.07, 6.45) is 0.0339. The molecular formula is C17H16ClN3O2. The maximum Gasteiger partial charge on any atom is 0.247 e. The molecule has 1 heterocycles. The standard InChI is InChI=1S/C17H16ClN3O2/c1-10-11(18)5-4-8-12(10)20-16(22)9-15-17(23)21-14-7-3-2-6-13(14)19-15/h2-8,15,19H,9H2,1H3,(H,20,22)(H,21,23)/t15-/m0/s1. The topological polar surface area (TPSA) is 70.2 Å². The summed E-state index contributed by atoms with van der Waals surface area (Å²) >= 11 is 6.04. The number of nitrogens with one attached hydrogen (secondary N) is 3. The lowest BCUT2D eigenvalue weighted by atomic mass is 10.1. The Morgan fingerprint density at radius 1 is 1.17 bits per heavy atom. The first-order chi connectivity index (χ1) is 11.0. The molecule has 3 N–H and O–H groups in total. The van der Waals surface area contributed by atoms with E-state index in [0.29, 0.717) is 10.7 Å². The smallest absolute Gasteiger partial charge is 0.247 e. The minimum absolute atomic E-state index is 0.0339. The first kappa shape index (κ1) is 15.4. The van der Waals surface area contributed by atoms with Crippen LogP contribution in [0.3, 0.4) is 0 Å². The number of hydrogen-bond donors (Lipinski definition) is 3. The zero-order valence-electron chi connectivity index (χ0n) is 12.5. The Morgan fingerprint density at radius 3 is 2.70 bits per heavy atom. The molecule has 2 aromatic rings. The minimum Gasteiger partial charge on any atom is -0.372 e. The first-order valence-corrected chi connectivity index (χ1v) is 7.64. The molecule has 0 aliphatic carbocycles. The molecule has 0 saturated carbocycles. The normalized spacial score (nSPS) is 16.1. The van der Waals surface area contributed by atoms with Gasteiger partial charge in [0.05, 0.1) is 17.8 Å². The summed E-state index contributed by atoms with van der Waals surface area (Å²) in [5.41, 5.74) is 2.98. The SMILES string of the molecule is Cc1c(Cl)cccc1NC(=O)C[C@@H]1Nc2ccccc2NC1=O. The number of amides is 2. The molecule has 1 aliphatic rings. The van der Waals surface area contributed by atoms with Gasteiger partial charge >= 0.3 is 0 Å². The van der Waals surface area contributed by atoms with Crippen LogP contribution in [0.1, 0.15) is 12.0 Å². The average Bonchev–Trinajstić information content (AvgIpc) is 2.52. The van der Waals surface area contributed by atoms with Crippen LogP contribution in [0.2, 0.25) is 5.02 Å². The highest BCUT2D eigenvalue weighted by Gasteiger charge is 2.27. The third-order valence-electron chi connectivity index (χ3n) is 3.76. The van der Waals surface area contributed by atoms with Crippen molar-refractivity contribution in [1.29, 1.82) is 0 Å². The maximum atomic E-state index is 12.2. The lowest BCUT2D eigenvalue weighted by Crippen LogP contribution is -2.41. The van der Waals surface area contributed by atoms with Crippen LogP contribution in [0.5, 0.6) is 0 Å². The monoisotopic (exact) mass is 329 g/mol. The quantitative estimate of drug-likeness (QED) is 0.808. The van der Waals surface area contributed by atoms with E-state index in [0.717, 1.165) is 16.9 Å². The van der Waals surface area contributed by atoms with Gasteiger partial charge in [-0.3, -0.25) is 9.59 Å². The molecule has 3 rings (SSSR count). The first-order valence-electron chi connectivity index (χ1n) is 7.26. The van der Waals surface area contributed by atoms with Gasteiger partial charge in [0, 0.05) is 10.7 Å². The molecule has 6 heteroatoms. The molecule has 5 nitrogen and oxygen atoms in total. The molecule has 0 spiro atoms. The van der Waals surface area contributed by atoms with Crippen molar-refractivity contribution in [2.24, 2.45) is 0 Å². The van der Waals surface area contributed by atoms with Gasteiger partial charge in [0.2, 0.25) is 11.8 Å². The van der Waals surface area contributed by atoms with E-state index >= 15 is 0 Å². The molecule has 0 radical (unpaired) electrons. The Labute approximate surface area is 139 Å². The van der Waals surface area contributed by atoms with Gasteiger partial charge in [0.15, 0.2) is 0 Å². The van der Waals surface area contributed by atoms with Crippen LogP contribution in [-0.2, 0) is 9.59 Å². The fourth-order valence-corrected chi connectivity index (χ4v) is 2.64. The van der Waals surface area contributed by atoms with Crippen LogP contribution in [0, 0.1) is 6.92 Å². The molecule has 1 atom stereocenters. The third kappa shape index (κ3) is 3.29. The number of anilines is 3. The highest BCUT2D eigenvalue weighted by atomic mass is 35.5. The van der Waals surface area contributed by atoms with Gasteiger partial charge in [0.25, 0.3) is 0 Å². The van der Waals surface area contributed by atoms with Crippen molar-refractivity contribution in [3.05, 3.63) is 53.1 Å². The number of hydrogen-bond acceptors (Lipinski definition) is 3. The largest absolute Gasteiger partial charge is 0.372 e. The van der Waals surface area contributed by atoms with E-state index in [2.05, 4.69) is 16.0 Å². The number of benzene rings is 2. The van der Waals surface area contributed by atoms with Gasteiger partial charge in [-0.1, -0.05) is 29.8 Å². The fourth-order valence-electron chi connectivity index (χ4n) is 2.46. The average molecular weight is 330 g/mol. The summed E-state index contributed by atoms with van der Waals surface area (Å²) in [7, 11) is 0. The predicted octanol–water partition coefficient (Wildman–Crippen LogP) is 3.41. The molecule has 23 heavy (non-hydrogen) atoms. The van der Waals surface area contributed by atoms with Gasteiger partial charge in [-0.05, 0) is 36.8 Å². The van der Waals surface area contributed by atoms with Crippen LogP contribution in [0.4, 0.5) is 17.1 Å². The second-order valence-corrected chi connectivity index (χ2v) is 5.80. The number of rotatable bonds is 3. The summed E-state index contributed by atoms with van der Waals surface area (Å²) in [5.74, 6) is -0.468. The van der Waals surface area contributed by atoms with E-state index in [1.165, 1.54) is 0 Å². The summed E-state index contributed by atoms with van der Waals surface area (Å²) in [5, 5.41) is 9.28. The molecule has 0 aromatic heterocycles. The van der Waals surface area contributed by atoms with Crippen LogP contribution in [0.15, 0.2) is 42.5 Å². The summed E-state index contributed by atoms with van der Waals surface area (Å²) in [6.45, 7) is 1.83. The second-order valence-electron chi connectivity index (χ2n) is 5.40. The zero-order chi connectivity index (χ0) is 16.4. The van der Waals surface area contributed by atoms with Crippen molar-refractivity contribution >= 4 is 40.5 Å². The van der Waals surface area contributed by atoms with Crippen molar-refractivity contribution in [1.82, 2.24) is 0 Å². The van der Waals surface area contributed by atoms with E-state index in [1.54, 1.807) is 18.2 Å². The lowest BCUT2D eigenvalue weighted by molar-refractivity contribution is -0.122. The molecule has 118 valence electrons. The van der Waals surface area contributed by atoms with Crippen LogP contribution in [-0.4, -0.2) is 17.9 Å². The molecule has 0 unspecified atom stereocenters. The molecule has 2 amide bonds. The van der Waals surface area contributed by atoms with Crippen molar-refractivity contribution < 1.29 is 9.59 Å². The predicted molar refractivity (Wildman–Crippen MR) is 91.9 cm³/mol. The fraction of sp³-hybridized carbons (Fsp3) is 0.176. The van der Waals surface area contributed by atoms with Crippen molar-refractivity contribution in [3.63, 3.8) is 0 Å². The Kier molecular flexibility index (Phi) is 4.21. The highest BCUT2D eigenvalue weighted by Crippen LogP contribution is 2.27. The Bertz CT molecular complexity index is 776. The van der Waals surface area contributed by atoms with E-state index < -0.39 is 6.04 Å². The number of para-hydroxylation sites is 2. The van der Waals surface area contributed by atoms with Gasteiger partial charge in [-0.25, -0.2) is 0 Å². The number of halogens is 1. The minimum atomic E-state index is -0.607. The van der Waals surface area contributed by atoms with Gasteiger partial charge in [-0.15, -0.1) is 0 Å². The van der Waals surface area contributed by atoms with Gasteiger partial charge < -0.3 is 16.0 Å². The van der Waals surface area contributed by atoms with Gasteiger partial charge in [-0.2, -0.15) is 0 Å². The second kappa shape index (κ2) is 6.30. The molecule has 0 bridgehead atoms. The molecule has 0 saturated heterocycles. The third-order valence-corrected chi connectivity index (χ3v) is 4.17. The lowest BCUT2D eigenvalue weighted by Gasteiger charge is -2.26. The van der Waals surface area contributed by atoms with E-state index in [9.17, 15) is 9.59 Å². The van der Waals surface area contributed by atoms with Crippen LogP contribution < -0.4 is 16.0 Å². The Morgan fingerprint density at radius 2 is 1.91 bits per heavy atom. The highest BCUT2D eigenvalue weighted by molar-refractivity contribution is 6.31. The molecule has 0 fully saturated rings. The number of carbonyl (C=O) groups is 2. The van der Waals surface area contributed by atoms with Gasteiger partial charge in [0.1, 0.15) is 6.04 Å². The van der Waals surface area contributed by atoms with E-state index in [-0.39, 0.29) is 18.2 Å². The van der Waals surface area contributed by atoms with E-state index in [1.807, 2.05) is 31.2 Å². The Balaban J connectivity index is 1.69. The number of carbonyl (C=O) groups excluding carboxylic acids is 2. The summed E-state index contributed by atoms with van der Waals surface area (Å²) < 4.78 is 0. The molecule has 2 aromatic carbocycles.